The van der Waals surface area contributed by atoms with Gasteiger partial charge in [0.05, 0.1) is 3.57 Å². The minimum absolute atomic E-state index is 0.00141. The molecule has 1 aliphatic rings. The minimum atomic E-state index is -0.539. The lowest BCUT2D eigenvalue weighted by atomic mass is 10.1. The molecule has 0 spiro atoms. The predicted octanol–water partition coefficient (Wildman–Crippen LogP) is 3.55. The average Bonchev–Trinajstić information content (AvgIpc) is 2.58. The zero-order valence-electron chi connectivity index (χ0n) is 13.2. The topological polar surface area (TPSA) is 67.4 Å². The maximum absolute atomic E-state index is 12.1. The van der Waals surface area contributed by atoms with Crippen LogP contribution in [0.5, 0.6) is 5.75 Å². The summed E-state index contributed by atoms with van der Waals surface area (Å²) in [6.45, 7) is 0.372. The van der Waals surface area contributed by atoms with Crippen molar-refractivity contribution in [2.45, 2.75) is 6.61 Å². The van der Waals surface area contributed by atoms with Crippen LogP contribution in [-0.2, 0) is 16.2 Å². The van der Waals surface area contributed by atoms with Gasteiger partial charge in [0.2, 0.25) is 0 Å². The van der Waals surface area contributed by atoms with Crippen molar-refractivity contribution in [1.29, 1.82) is 0 Å². The first-order valence-corrected chi connectivity index (χ1v) is 9.76. The van der Waals surface area contributed by atoms with Crippen LogP contribution in [0.2, 0.25) is 0 Å². The molecule has 2 amide bonds. The van der Waals surface area contributed by atoms with E-state index in [1.165, 1.54) is 6.08 Å². The SMILES string of the molecule is O=C1NC(=S)NC(=O)C1=Cc1cc(Br)cc(I)c1OCc1ccccc1. The van der Waals surface area contributed by atoms with E-state index in [9.17, 15) is 9.59 Å². The Morgan fingerprint density at radius 3 is 2.42 bits per heavy atom. The molecule has 1 saturated heterocycles. The second-order valence-electron chi connectivity index (χ2n) is 5.38. The van der Waals surface area contributed by atoms with Crippen molar-refractivity contribution in [2.24, 2.45) is 0 Å². The summed E-state index contributed by atoms with van der Waals surface area (Å²) in [5, 5.41) is 4.85. The summed E-state index contributed by atoms with van der Waals surface area (Å²) in [5.74, 6) is -0.482. The van der Waals surface area contributed by atoms with Crippen molar-refractivity contribution < 1.29 is 14.3 Å². The quantitative estimate of drug-likeness (QED) is 0.268. The van der Waals surface area contributed by atoms with E-state index in [4.69, 9.17) is 17.0 Å². The van der Waals surface area contributed by atoms with Gasteiger partial charge in [0.1, 0.15) is 17.9 Å². The molecule has 2 aromatic rings. The lowest BCUT2D eigenvalue weighted by Gasteiger charge is -2.17. The predicted molar refractivity (Wildman–Crippen MR) is 114 cm³/mol. The van der Waals surface area contributed by atoms with E-state index in [0.717, 1.165) is 13.6 Å². The van der Waals surface area contributed by atoms with Gasteiger partial charge < -0.3 is 4.74 Å². The number of amides is 2. The number of halogens is 2. The number of benzene rings is 2. The van der Waals surface area contributed by atoms with E-state index < -0.39 is 11.8 Å². The second-order valence-corrected chi connectivity index (χ2v) is 7.86. The van der Waals surface area contributed by atoms with Crippen LogP contribution in [0.15, 0.2) is 52.5 Å². The maximum atomic E-state index is 12.1. The van der Waals surface area contributed by atoms with Crippen molar-refractivity contribution >= 4 is 73.7 Å². The zero-order valence-corrected chi connectivity index (χ0v) is 17.8. The molecular weight excluding hydrogens is 531 g/mol. The van der Waals surface area contributed by atoms with Crippen LogP contribution in [0.25, 0.3) is 6.08 Å². The van der Waals surface area contributed by atoms with Gasteiger partial charge in [-0.25, -0.2) is 0 Å². The van der Waals surface area contributed by atoms with Crippen LogP contribution in [0.4, 0.5) is 0 Å². The summed E-state index contributed by atoms with van der Waals surface area (Å²) >= 11 is 10.4. The first-order valence-electron chi connectivity index (χ1n) is 7.48. The van der Waals surface area contributed by atoms with E-state index in [0.29, 0.717) is 17.9 Å². The molecule has 0 unspecified atom stereocenters. The lowest BCUT2D eigenvalue weighted by molar-refractivity contribution is -0.123. The fourth-order valence-corrected chi connectivity index (χ4v) is 4.22. The Balaban J connectivity index is 1.96. The smallest absolute Gasteiger partial charge is 0.263 e. The van der Waals surface area contributed by atoms with Crippen molar-refractivity contribution in [3.63, 3.8) is 0 Å². The molecule has 2 aromatic carbocycles. The maximum Gasteiger partial charge on any atom is 0.263 e. The molecule has 3 rings (SSSR count). The Morgan fingerprint density at radius 1 is 1.12 bits per heavy atom. The Labute approximate surface area is 177 Å². The van der Waals surface area contributed by atoms with E-state index in [2.05, 4.69) is 49.2 Å². The van der Waals surface area contributed by atoms with E-state index in [1.807, 2.05) is 36.4 Å². The summed E-state index contributed by atoms with van der Waals surface area (Å²) < 4.78 is 7.65. The fourth-order valence-electron chi connectivity index (χ4n) is 2.33. The highest BCUT2D eigenvalue weighted by atomic mass is 127. The molecule has 8 heteroatoms. The number of nitrogens with one attached hydrogen (secondary N) is 2. The zero-order chi connectivity index (χ0) is 18.7. The Kier molecular flexibility index (Phi) is 6.05. The van der Waals surface area contributed by atoms with Crippen LogP contribution >= 0.6 is 50.7 Å². The molecule has 0 atom stereocenters. The van der Waals surface area contributed by atoms with Crippen LogP contribution < -0.4 is 15.4 Å². The number of thiocarbonyl (C=S) groups is 1. The largest absolute Gasteiger partial charge is 0.487 e. The molecule has 5 nitrogen and oxygen atoms in total. The Morgan fingerprint density at radius 2 is 1.77 bits per heavy atom. The molecule has 0 aliphatic carbocycles. The van der Waals surface area contributed by atoms with Crippen LogP contribution in [0.3, 0.4) is 0 Å². The third-order valence-electron chi connectivity index (χ3n) is 3.51. The van der Waals surface area contributed by atoms with Crippen LogP contribution in [-0.4, -0.2) is 16.9 Å². The molecule has 1 heterocycles. The number of carbonyl (C=O) groups excluding carboxylic acids is 2. The van der Waals surface area contributed by atoms with Crippen molar-refractivity contribution in [3.8, 4) is 5.75 Å². The number of rotatable bonds is 4. The van der Waals surface area contributed by atoms with Crippen molar-refractivity contribution in [2.75, 3.05) is 0 Å². The number of hydrogen-bond acceptors (Lipinski definition) is 4. The van der Waals surface area contributed by atoms with Crippen molar-refractivity contribution in [3.05, 3.63) is 67.2 Å². The van der Waals surface area contributed by atoms with Gasteiger partial charge in [0, 0.05) is 10.0 Å². The van der Waals surface area contributed by atoms with Gasteiger partial charge in [0.25, 0.3) is 11.8 Å². The molecular formula is C18H12BrIN2O3S. The standard InChI is InChI=1S/C18H12BrIN2O3S/c19-12-6-11(7-13-16(23)21-18(26)22-17(13)24)15(14(20)8-12)25-9-10-4-2-1-3-5-10/h1-8H,9H2,(H2,21,22,23,24,26). The highest BCUT2D eigenvalue weighted by Crippen LogP contribution is 2.32. The van der Waals surface area contributed by atoms with Gasteiger partial charge in [-0.2, -0.15) is 0 Å². The number of hydrogen-bond donors (Lipinski definition) is 2. The first-order chi connectivity index (χ1) is 12.4. The lowest BCUT2D eigenvalue weighted by Crippen LogP contribution is -2.51. The fraction of sp³-hybridized carbons (Fsp3) is 0.0556. The van der Waals surface area contributed by atoms with Gasteiger partial charge in [-0.15, -0.1) is 0 Å². The summed E-state index contributed by atoms with van der Waals surface area (Å²) in [6.07, 6.45) is 1.50. The average molecular weight is 543 g/mol. The molecule has 1 aliphatic heterocycles. The molecule has 2 N–H and O–H groups in total. The molecule has 0 bridgehead atoms. The molecule has 132 valence electrons. The second kappa shape index (κ2) is 8.28. The third kappa shape index (κ3) is 4.49. The van der Waals surface area contributed by atoms with Gasteiger partial charge in [-0.3, -0.25) is 20.2 Å². The van der Waals surface area contributed by atoms with Crippen molar-refractivity contribution in [1.82, 2.24) is 10.6 Å². The van der Waals surface area contributed by atoms with Gasteiger partial charge in [0.15, 0.2) is 5.11 Å². The van der Waals surface area contributed by atoms with Crippen LogP contribution in [0, 0.1) is 3.57 Å². The normalized spacial score (nSPS) is 13.9. The summed E-state index contributed by atoms with van der Waals surface area (Å²) in [6, 6.07) is 13.4. The minimum Gasteiger partial charge on any atom is -0.487 e. The third-order valence-corrected chi connectivity index (χ3v) is 4.97. The molecule has 1 fully saturated rings. The molecule has 0 saturated carbocycles. The highest BCUT2D eigenvalue weighted by Gasteiger charge is 2.26. The summed E-state index contributed by atoms with van der Waals surface area (Å²) in [5.41, 5.74) is 1.60. The van der Waals surface area contributed by atoms with Gasteiger partial charge in [-0.1, -0.05) is 46.3 Å². The van der Waals surface area contributed by atoms with E-state index >= 15 is 0 Å². The molecule has 0 aromatic heterocycles. The Hall–Kier alpha value is -1.78. The first kappa shape index (κ1) is 19.0. The number of ether oxygens (including phenoxy) is 1. The highest BCUT2D eigenvalue weighted by molar-refractivity contribution is 14.1. The van der Waals surface area contributed by atoms with Gasteiger partial charge >= 0.3 is 0 Å². The van der Waals surface area contributed by atoms with E-state index in [-0.39, 0.29) is 10.7 Å². The molecule has 26 heavy (non-hydrogen) atoms. The summed E-state index contributed by atoms with van der Waals surface area (Å²) in [4.78, 5) is 24.2. The monoisotopic (exact) mass is 542 g/mol. The van der Waals surface area contributed by atoms with E-state index in [1.54, 1.807) is 6.07 Å². The Bertz CT molecular complexity index is 910. The molecule has 0 radical (unpaired) electrons. The summed E-state index contributed by atoms with van der Waals surface area (Å²) in [7, 11) is 0. The van der Waals surface area contributed by atoms with Crippen LogP contribution in [0.1, 0.15) is 11.1 Å². The van der Waals surface area contributed by atoms with Gasteiger partial charge in [-0.05, 0) is 58.6 Å². The number of carbonyl (C=O) groups is 2.